The van der Waals surface area contributed by atoms with Crippen molar-refractivity contribution in [3.8, 4) is 21.1 Å². The molecule has 6 aromatic rings. The Hall–Kier alpha value is -5.21. The number of halogens is 1. The maximum absolute atomic E-state index is 11.2. The number of nitrogens with one attached hydrogen (secondary N) is 1. The smallest absolute Gasteiger partial charge is 0.303 e. The number of thiol groups is 1. The molecule has 9 nitrogen and oxygen atoms in total. The van der Waals surface area contributed by atoms with Gasteiger partial charge in [0.1, 0.15) is 27.8 Å². The van der Waals surface area contributed by atoms with E-state index in [-0.39, 0.29) is 18.6 Å². The third kappa shape index (κ3) is 7.65. The number of carboxylic acid groups (broad SMARTS) is 2. The van der Waals surface area contributed by atoms with Crippen LogP contribution in [0.3, 0.4) is 0 Å². The van der Waals surface area contributed by atoms with Crippen LogP contribution in [0.1, 0.15) is 29.5 Å². The number of nitrogens with zero attached hydrogens (tertiary/aromatic N) is 4. The van der Waals surface area contributed by atoms with Crippen LogP contribution in [0.5, 0.6) is 0 Å². The molecule has 3 heterocycles. The van der Waals surface area contributed by atoms with Gasteiger partial charge in [-0.05, 0) is 118 Å². The highest BCUT2D eigenvalue weighted by Gasteiger charge is 2.27. The Morgan fingerprint density at radius 3 is 1.58 bits per heavy atom. The van der Waals surface area contributed by atoms with Gasteiger partial charge in [0.2, 0.25) is 0 Å². The zero-order chi connectivity index (χ0) is 37.1. The molecule has 0 saturated carbocycles. The van der Waals surface area contributed by atoms with Crippen molar-refractivity contribution in [1.82, 2.24) is 9.97 Å². The third-order valence-electron chi connectivity index (χ3n) is 8.70. The number of aryl methyl sites for hydroxylation is 2. The van der Waals surface area contributed by atoms with E-state index in [1.165, 1.54) is 0 Å². The van der Waals surface area contributed by atoms with Gasteiger partial charge in [-0.25, -0.2) is 14.4 Å². The number of thiophene rings is 2. The minimum absolute atomic E-state index is 0.0439. The molecule has 3 aromatic heterocycles. The molecule has 3 N–H and O–H groups in total. The quantitative estimate of drug-likeness (QED) is 0.0909. The minimum Gasteiger partial charge on any atom is -0.481 e. The van der Waals surface area contributed by atoms with Crippen molar-refractivity contribution in [1.29, 1.82) is 5.41 Å². The Labute approximate surface area is 326 Å². The number of carboxylic acids is 2. The highest BCUT2D eigenvalue weighted by Crippen LogP contribution is 2.37. The molecule has 7 rings (SSSR count). The molecule has 0 atom stereocenters. The summed E-state index contributed by atoms with van der Waals surface area (Å²) in [5.74, 6) is -1.69. The first kappa shape index (κ1) is 36.2. The lowest BCUT2D eigenvalue weighted by Crippen LogP contribution is -2.44. The van der Waals surface area contributed by atoms with Crippen molar-refractivity contribution < 1.29 is 19.8 Å². The van der Waals surface area contributed by atoms with Crippen LogP contribution in [-0.2, 0) is 22.4 Å². The number of aromatic nitrogens is 2. The number of aliphatic carboxylic acids is 2. The molecule has 264 valence electrons. The highest BCUT2D eigenvalue weighted by atomic mass is 79.9. The van der Waals surface area contributed by atoms with Crippen LogP contribution in [0.15, 0.2) is 112 Å². The predicted octanol–water partition coefficient (Wildman–Crippen LogP) is 8.46. The zero-order valence-electron chi connectivity index (χ0n) is 27.9. The van der Waals surface area contributed by atoms with Gasteiger partial charge in [0, 0.05) is 35.5 Å². The van der Waals surface area contributed by atoms with Crippen LogP contribution in [0.25, 0.3) is 31.2 Å². The van der Waals surface area contributed by atoms with Crippen LogP contribution in [0.2, 0.25) is 0 Å². The summed E-state index contributed by atoms with van der Waals surface area (Å²) in [5, 5.41) is 32.5. The average molecular weight is 821 g/mol. The number of hydrogen-bond donors (Lipinski definition) is 4. The highest BCUT2D eigenvalue weighted by molar-refractivity contribution is 9.15. The zero-order valence-corrected chi connectivity index (χ0v) is 32.0. The van der Waals surface area contributed by atoms with E-state index in [2.05, 4.69) is 38.0 Å². The van der Waals surface area contributed by atoms with Gasteiger partial charge in [0.15, 0.2) is 0 Å². The molecule has 0 fully saturated rings. The lowest BCUT2D eigenvalue weighted by molar-refractivity contribution is -0.138. The standard InChI is InChI=1S/C40H30BrN5O4S3/c41-34-35(42)38(45-51)33(39-40(34)44-37(30-4-2-22-53-30)36(43-39)29-3-1-21-52-29)25-11-17-28(18-12-25)46(26-13-5-23(6-14-26)9-19-31(47)48)27-15-7-24(8-16-27)10-20-32(49)50/h1-8,11-18,21-22,42,51H,9-10,19-20H2,(H,47,48)(H,49,50)/b42-35?,45-38-. The molecule has 0 amide bonds. The molecule has 53 heavy (non-hydrogen) atoms. The Morgan fingerprint density at radius 1 is 0.717 bits per heavy atom. The van der Waals surface area contributed by atoms with Crippen molar-refractivity contribution >= 4 is 102 Å². The number of hydrogen-bond acceptors (Lipinski definition) is 10. The normalized spacial score (nSPS) is 13.3. The Bertz CT molecular complexity index is 2420. The molecule has 0 unspecified atom stereocenters. The first-order valence-corrected chi connectivity index (χ1v) is 19.4. The van der Waals surface area contributed by atoms with E-state index in [1.807, 2.05) is 108 Å². The maximum Gasteiger partial charge on any atom is 0.303 e. The van der Waals surface area contributed by atoms with E-state index >= 15 is 0 Å². The van der Waals surface area contributed by atoms with Gasteiger partial charge in [-0.1, -0.05) is 48.5 Å². The molecule has 1 aliphatic rings. The fourth-order valence-electron chi connectivity index (χ4n) is 6.12. The Morgan fingerprint density at radius 2 is 1.17 bits per heavy atom. The average Bonchev–Trinajstić information content (AvgIpc) is 3.92. The first-order chi connectivity index (χ1) is 25.7. The lowest BCUT2D eigenvalue weighted by Gasteiger charge is -2.26. The van der Waals surface area contributed by atoms with Crippen LogP contribution < -0.4 is 15.6 Å². The summed E-state index contributed by atoms with van der Waals surface area (Å²) in [4.78, 5) is 36.7. The number of anilines is 3. The summed E-state index contributed by atoms with van der Waals surface area (Å²) < 4.78 is 4.75. The second-order valence-corrected chi connectivity index (χ2v) is 15.0. The van der Waals surface area contributed by atoms with E-state index in [9.17, 15) is 9.59 Å². The fraction of sp³-hybridized carbons (Fsp3) is 0.100. The summed E-state index contributed by atoms with van der Waals surface area (Å²) in [6, 6.07) is 31.5. The van der Waals surface area contributed by atoms with E-state index in [1.54, 1.807) is 22.7 Å². The summed E-state index contributed by atoms with van der Waals surface area (Å²) in [6.07, 6.45) is 0.933. The Balaban J connectivity index is 1.36. The summed E-state index contributed by atoms with van der Waals surface area (Å²) in [5.41, 5.74) is 7.79. The topological polar surface area (TPSA) is 140 Å². The fourth-order valence-corrected chi connectivity index (χ4v) is 8.21. The molecule has 0 radical (unpaired) electrons. The van der Waals surface area contributed by atoms with E-state index < -0.39 is 11.9 Å². The molecule has 0 saturated heterocycles. The second kappa shape index (κ2) is 15.8. The molecule has 3 aromatic carbocycles. The lowest BCUT2D eigenvalue weighted by atomic mass is 9.93. The van der Waals surface area contributed by atoms with Gasteiger partial charge in [-0.2, -0.15) is 0 Å². The van der Waals surface area contributed by atoms with Crippen LogP contribution in [0.4, 0.5) is 17.1 Å². The van der Waals surface area contributed by atoms with Crippen molar-refractivity contribution in [2.75, 3.05) is 4.90 Å². The van der Waals surface area contributed by atoms with Gasteiger partial charge in [0.05, 0.1) is 19.9 Å². The van der Waals surface area contributed by atoms with Gasteiger partial charge in [0.25, 0.3) is 0 Å². The van der Waals surface area contributed by atoms with Crippen molar-refractivity contribution in [3.05, 3.63) is 135 Å². The predicted molar refractivity (Wildman–Crippen MR) is 220 cm³/mol. The molecule has 1 aliphatic carbocycles. The monoisotopic (exact) mass is 819 g/mol. The molecule has 13 heteroatoms. The van der Waals surface area contributed by atoms with Crippen molar-refractivity contribution in [2.24, 2.45) is 4.40 Å². The number of carbonyl (C=O) groups is 2. The summed E-state index contributed by atoms with van der Waals surface area (Å²) in [7, 11) is 0. The third-order valence-corrected chi connectivity index (χ3v) is 11.4. The van der Waals surface area contributed by atoms with Gasteiger partial charge >= 0.3 is 11.9 Å². The van der Waals surface area contributed by atoms with Crippen molar-refractivity contribution in [3.63, 3.8) is 0 Å². The van der Waals surface area contributed by atoms with E-state index in [0.717, 1.165) is 54.9 Å². The van der Waals surface area contributed by atoms with Gasteiger partial charge in [-0.3, -0.25) is 15.0 Å². The molecule has 0 aliphatic heterocycles. The van der Waals surface area contributed by atoms with Crippen LogP contribution >= 0.6 is 51.4 Å². The number of fused-ring (bicyclic) bond motifs is 1. The molecule has 0 spiro atoms. The van der Waals surface area contributed by atoms with Gasteiger partial charge < -0.3 is 15.1 Å². The first-order valence-electron chi connectivity index (χ1n) is 16.5. The van der Waals surface area contributed by atoms with E-state index in [0.29, 0.717) is 39.3 Å². The molecular weight excluding hydrogens is 791 g/mol. The van der Waals surface area contributed by atoms with Crippen LogP contribution in [0, 0.1) is 5.41 Å². The summed E-state index contributed by atoms with van der Waals surface area (Å²) >= 11 is 11.1. The number of rotatable bonds is 12. The molecule has 0 bridgehead atoms. The largest absolute Gasteiger partial charge is 0.481 e. The van der Waals surface area contributed by atoms with Crippen LogP contribution in [-0.4, -0.2) is 43.5 Å². The van der Waals surface area contributed by atoms with Gasteiger partial charge in [-0.15, -0.1) is 22.7 Å². The summed E-state index contributed by atoms with van der Waals surface area (Å²) in [6.45, 7) is 0. The van der Waals surface area contributed by atoms with Crippen molar-refractivity contribution in [2.45, 2.75) is 25.7 Å². The molecular formula is C40H30BrN5O4S3. The van der Waals surface area contributed by atoms with E-state index in [4.69, 9.17) is 25.6 Å². The minimum atomic E-state index is -0.847. The SMILES string of the molecule is N=C1C(Br)=c2nc(-c3cccs3)c(-c3cccs3)nc2=C(c2ccc(N(c3ccc(CCC(=O)O)cc3)c3ccc(CCC(=O)O)cc3)cc2)/C1=N/S. The second-order valence-electron chi connectivity index (χ2n) is 12.1. The number of benzene rings is 3. The maximum atomic E-state index is 11.2. The Kier molecular flexibility index (Phi) is 10.8.